The van der Waals surface area contributed by atoms with Gasteiger partial charge in [0.25, 0.3) is 0 Å². The standard InChI is InChI=1S/C26H36N2O3/c1-2-24(29)20-3-7-22(8-4-20)31-23-9-5-21(6-10-23)27-25(30)28-26-14-17-11-18(15-26)13-19(12-17)16-26/h3-4,7-8,17-19,21,23H,2,5-6,9-16H2,1H3,(H2,27,28,30). The van der Waals surface area contributed by atoms with E-state index in [0.29, 0.717) is 6.42 Å². The van der Waals surface area contributed by atoms with Gasteiger partial charge in [0.2, 0.25) is 0 Å². The fourth-order valence-corrected chi connectivity index (χ4v) is 7.17. The maximum Gasteiger partial charge on any atom is 0.315 e. The number of hydrogen-bond donors (Lipinski definition) is 2. The Kier molecular flexibility index (Phi) is 5.70. The number of urea groups is 1. The minimum Gasteiger partial charge on any atom is -0.490 e. The van der Waals surface area contributed by atoms with Gasteiger partial charge in [0.15, 0.2) is 5.78 Å². The second kappa shape index (κ2) is 8.48. The number of carbonyl (C=O) groups is 2. The molecule has 0 aromatic heterocycles. The van der Waals surface area contributed by atoms with Crippen LogP contribution in [-0.4, -0.2) is 29.5 Å². The summed E-state index contributed by atoms with van der Waals surface area (Å²) in [6.45, 7) is 1.88. The molecule has 0 saturated heterocycles. The number of Topliss-reactive ketones (excluding diaryl/α,β-unsaturated/α-hetero) is 1. The molecule has 0 atom stereocenters. The van der Waals surface area contributed by atoms with Crippen LogP contribution >= 0.6 is 0 Å². The van der Waals surface area contributed by atoms with Crippen molar-refractivity contribution < 1.29 is 14.3 Å². The molecule has 31 heavy (non-hydrogen) atoms. The average Bonchev–Trinajstić information content (AvgIpc) is 2.73. The first-order valence-corrected chi connectivity index (χ1v) is 12.4. The fourth-order valence-electron chi connectivity index (χ4n) is 7.17. The molecular formula is C26H36N2O3. The highest BCUT2D eigenvalue weighted by atomic mass is 16.5. The summed E-state index contributed by atoms with van der Waals surface area (Å²) in [6.07, 6.45) is 12.2. The Hall–Kier alpha value is -2.04. The van der Waals surface area contributed by atoms with Crippen molar-refractivity contribution in [2.24, 2.45) is 17.8 Å². The number of hydrogen-bond acceptors (Lipinski definition) is 3. The van der Waals surface area contributed by atoms with E-state index in [1.54, 1.807) is 0 Å². The zero-order valence-electron chi connectivity index (χ0n) is 18.7. The van der Waals surface area contributed by atoms with Gasteiger partial charge in [-0.25, -0.2) is 4.79 Å². The first-order valence-electron chi connectivity index (χ1n) is 12.4. The highest BCUT2D eigenvalue weighted by Crippen LogP contribution is 2.55. The van der Waals surface area contributed by atoms with Gasteiger partial charge in [-0.3, -0.25) is 4.79 Å². The molecule has 1 aromatic carbocycles. The van der Waals surface area contributed by atoms with Crippen molar-refractivity contribution in [1.29, 1.82) is 0 Å². The monoisotopic (exact) mass is 424 g/mol. The number of amides is 2. The topological polar surface area (TPSA) is 67.4 Å². The van der Waals surface area contributed by atoms with Crippen molar-refractivity contribution in [1.82, 2.24) is 10.6 Å². The quantitative estimate of drug-likeness (QED) is 0.614. The molecule has 0 radical (unpaired) electrons. The van der Waals surface area contributed by atoms with E-state index in [9.17, 15) is 9.59 Å². The molecule has 6 rings (SSSR count). The van der Waals surface area contributed by atoms with Crippen molar-refractivity contribution in [3.63, 3.8) is 0 Å². The van der Waals surface area contributed by atoms with E-state index < -0.39 is 0 Å². The van der Waals surface area contributed by atoms with E-state index in [0.717, 1.165) is 54.7 Å². The SMILES string of the molecule is CCC(=O)c1ccc(OC2CCC(NC(=O)NC34CC5CC(CC(C5)C3)C4)CC2)cc1. The van der Waals surface area contributed by atoms with E-state index in [-0.39, 0.29) is 29.5 Å². The number of benzene rings is 1. The zero-order valence-corrected chi connectivity index (χ0v) is 18.7. The van der Waals surface area contributed by atoms with Crippen LogP contribution < -0.4 is 15.4 Å². The molecule has 5 saturated carbocycles. The van der Waals surface area contributed by atoms with Crippen LogP contribution in [0.4, 0.5) is 4.79 Å². The molecule has 168 valence electrons. The summed E-state index contributed by atoms with van der Waals surface area (Å²) in [5.74, 6) is 3.50. The molecule has 2 amide bonds. The lowest BCUT2D eigenvalue weighted by Crippen LogP contribution is -2.62. The second-order valence-electron chi connectivity index (χ2n) is 10.7. The maximum absolute atomic E-state index is 12.8. The predicted octanol–water partition coefficient (Wildman–Crippen LogP) is 5.24. The zero-order chi connectivity index (χ0) is 21.4. The highest BCUT2D eigenvalue weighted by Gasteiger charge is 2.51. The number of ketones is 1. The lowest BCUT2D eigenvalue weighted by Gasteiger charge is -2.56. The van der Waals surface area contributed by atoms with Crippen LogP contribution in [0.25, 0.3) is 0 Å². The molecule has 1 aromatic rings. The van der Waals surface area contributed by atoms with Gasteiger partial charge in [0.05, 0.1) is 6.10 Å². The Morgan fingerprint density at radius 1 is 0.935 bits per heavy atom. The second-order valence-corrected chi connectivity index (χ2v) is 10.7. The van der Waals surface area contributed by atoms with Crippen molar-refractivity contribution in [2.45, 2.75) is 95.2 Å². The average molecular weight is 425 g/mol. The minimum atomic E-state index is 0.0440. The van der Waals surface area contributed by atoms with Crippen LogP contribution in [0, 0.1) is 17.8 Å². The summed E-state index contributed by atoms with van der Waals surface area (Å²) < 4.78 is 6.13. The summed E-state index contributed by atoms with van der Waals surface area (Å²) in [7, 11) is 0. The Bertz CT molecular complexity index is 775. The van der Waals surface area contributed by atoms with Crippen molar-refractivity contribution in [3.8, 4) is 5.75 Å². The van der Waals surface area contributed by atoms with Crippen molar-refractivity contribution in [3.05, 3.63) is 29.8 Å². The molecule has 5 nitrogen and oxygen atoms in total. The fraction of sp³-hybridized carbons (Fsp3) is 0.692. The van der Waals surface area contributed by atoms with E-state index in [4.69, 9.17) is 4.74 Å². The Labute approximate surface area is 185 Å². The Morgan fingerprint density at radius 3 is 2.06 bits per heavy atom. The maximum atomic E-state index is 12.8. The van der Waals surface area contributed by atoms with Gasteiger partial charge >= 0.3 is 6.03 Å². The predicted molar refractivity (Wildman–Crippen MR) is 120 cm³/mol. The van der Waals surface area contributed by atoms with E-state index in [1.807, 2.05) is 31.2 Å². The molecule has 0 unspecified atom stereocenters. The molecule has 2 N–H and O–H groups in total. The van der Waals surface area contributed by atoms with Crippen LogP contribution in [0.15, 0.2) is 24.3 Å². The van der Waals surface area contributed by atoms with E-state index in [2.05, 4.69) is 10.6 Å². The van der Waals surface area contributed by atoms with Crippen LogP contribution in [-0.2, 0) is 0 Å². The third-order valence-corrected chi connectivity index (χ3v) is 8.23. The number of rotatable bonds is 6. The molecular weight excluding hydrogens is 388 g/mol. The first kappa shape index (κ1) is 20.8. The van der Waals surface area contributed by atoms with Gasteiger partial charge in [-0.2, -0.15) is 0 Å². The van der Waals surface area contributed by atoms with Gasteiger partial charge < -0.3 is 15.4 Å². The van der Waals surface area contributed by atoms with Gasteiger partial charge in [-0.1, -0.05) is 6.92 Å². The van der Waals surface area contributed by atoms with Crippen molar-refractivity contribution >= 4 is 11.8 Å². The summed E-state index contributed by atoms with van der Waals surface area (Å²) in [6, 6.07) is 7.77. The number of carbonyl (C=O) groups excluding carboxylic acids is 2. The molecule has 5 aliphatic rings. The molecule has 0 aliphatic heterocycles. The first-order chi connectivity index (χ1) is 15.0. The molecule has 0 heterocycles. The molecule has 5 fully saturated rings. The summed E-state index contributed by atoms with van der Waals surface area (Å²) in [4.78, 5) is 24.6. The van der Waals surface area contributed by atoms with E-state index >= 15 is 0 Å². The normalized spacial score (nSPS) is 36.1. The van der Waals surface area contributed by atoms with Gasteiger partial charge in [-0.05, 0) is 106 Å². The smallest absolute Gasteiger partial charge is 0.315 e. The Balaban J connectivity index is 1.07. The van der Waals surface area contributed by atoms with Crippen LogP contribution in [0.2, 0.25) is 0 Å². The van der Waals surface area contributed by atoms with Crippen LogP contribution in [0.5, 0.6) is 5.75 Å². The molecule has 5 heteroatoms. The van der Waals surface area contributed by atoms with Crippen molar-refractivity contribution in [2.75, 3.05) is 0 Å². The van der Waals surface area contributed by atoms with Gasteiger partial charge in [0, 0.05) is 23.6 Å². The summed E-state index contributed by atoms with van der Waals surface area (Å²) in [5, 5.41) is 6.69. The lowest BCUT2D eigenvalue weighted by molar-refractivity contribution is -0.0138. The number of ether oxygens (including phenoxy) is 1. The summed E-state index contributed by atoms with van der Waals surface area (Å²) >= 11 is 0. The third kappa shape index (κ3) is 4.61. The molecule has 5 aliphatic carbocycles. The molecule has 4 bridgehead atoms. The Morgan fingerprint density at radius 2 is 1.52 bits per heavy atom. The molecule has 0 spiro atoms. The van der Waals surface area contributed by atoms with Crippen LogP contribution in [0.3, 0.4) is 0 Å². The number of nitrogens with one attached hydrogen (secondary N) is 2. The largest absolute Gasteiger partial charge is 0.490 e. The van der Waals surface area contributed by atoms with E-state index in [1.165, 1.54) is 38.5 Å². The van der Waals surface area contributed by atoms with Crippen LogP contribution in [0.1, 0.15) is 87.9 Å². The summed E-state index contributed by atoms with van der Waals surface area (Å²) in [5.41, 5.74) is 0.817. The van der Waals surface area contributed by atoms with Gasteiger partial charge in [0.1, 0.15) is 5.75 Å². The highest BCUT2D eigenvalue weighted by molar-refractivity contribution is 5.95. The lowest BCUT2D eigenvalue weighted by atomic mass is 9.53. The van der Waals surface area contributed by atoms with Gasteiger partial charge in [-0.15, -0.1) is 0 Å². The third-order valence-electron chi connectivity index (χ3n) is 8.23. The minimum absolute atomic E-state index is 0.0440.